The van der Waals surface area contributed by atoms with Crippen molar-refractivity contribution < 1.29 is 22.7 Å². The summed E-state index contributed by atoms with van der Waals surface area (Å²) in [5.41, 5.74) is 1.84. The van der Waals surface area contributed by atoms with Crippen molar-refractivity contribution in [3.05, 3.63) is 72.6 Å². The lowest BCUT2D eigenvalue weighted by atomic mass is 10.2. The van der Waals surface area contributed by atoms with Crippen molar-refractivity contribution in [3.63, 3.8) is 0 Å². The first kappa shape index (κ1) is 20.7. The molecule has 31 heavy (non-hydrogen) atoms. The van der Waals surface area contributed by atoms with E-state index in [4.69, 9.17) is 9.47 Å². The SMILES string of the molecule is Cc1ccc(N(CC(=O)Nc2ccc3c(c2)OCCO3)S(=O)(=O)c2cccnc2)cc1. The van der Waals surface area contributed by atoms with E-state index in [0.29, 0.717) is 36.1 Å². The molecule has 1 aliphatic heterocycles. The molecule has 0 aliphatic carbocycles. The fraction of sp³-hybridized carbons (Fsp3) is 0.182. The number of hydrogen-bond acceptors (Lipinski definition) is 6. The van der Waals surface area contributed by atoms with Crippen LogP contribution in [0.3, 0.4) is 0 Å². The van der Waals surface area contributed by atoms with E-state index in [1.165, 1.54) is 24.5 Å². The number of aryl methyl sites for hydroxylation is 1. The number of carbonyl (C=O) groups excluding carboxylic acids is 1. The summed E-state index contributed by atoms with van der Waals surface area (Å²) >= 11 is 0. The Labute approximate surface area is 180 Å². The normalized spacial score (nSPS) is 12.8. The number of hydrogen-bond donors (Lipinski definition) is 1. The molecular formula is C22H21N3O5S. The van der Waals surface area contributed by atoms with Crippen LogP contribution >= 0.6 is 0 Å². The summed E-state index contributed by atoms with van der Waals surface area (Å²) in [6.07, 6.45) is 2.75. The van der Waals surface area contributed by atoms with E-state index in [1.807, 2.05) is 6.92 Å². The van der Waals surface area contributed by atoms with Crippen LogP contribution in [0, 0.1) is 6.92 Å². The number of ether oxygens (including phenoxy) is 2. The quantitative estimate of drug-likeness (QED) is 0.634. The molecule has 0 saturated heterocycles. The second-order valence-electron chi connectivity index (χ2n) is 6.94. The zero-order valence-corrected chi connectivity index (χ0v) is 17.6. The monoisotopic (exact) mass is 439 g/mol. The Bertz CT molecular complexity index is 1180. The molecule has 2 heterocycles. The van der Waals surface area contributed by atoms with Crippen LogP contribution in [0.4, 0.5) is 11.4 Å². The van der Waals surface area contributed by atoms with Crippen molar-refractivity contribution in [2.75, 3.05) is 29.4 Å². The third-order valence-corrected chi connectivity index (χ3v) is 6.41. The number of fused-ring (bicyclic) bond motifs is 1. The van der Waals surface area contributed by atoms with E-state index in [0.717, 1.165) is 9.87 Å². The van der Waals surface area contributed by atoms with E-state index in [2.05, 4.69) is 10.3 Å². The Kier molecular flexibility index (Phi) is 5.77. The van der Waals surface area contributed by atoms with Crippen LogP contribution in [-0.2, 0) is 14.8 Å². The number of pyridine rings is 1. The van der Waals surface area contributed by atoms with Gasteiger partial charge >= 0.3 is 0 Å². The average molecular weight is 439 g/mol. The maximum Gasteiger partial charge on any atom is 0.266 e. The van der Waals surface area contributed by atoms with Gasteiger partial charge in [0.1, 0.15) is 24.7 Å². The Hall–Kier alpha value is -3.59. The lowest BCUT2D eigenvalue weighted by Gasteiger charge is -2.24. The summed E-state index contributed by atoms with van der Waals surface area (Å²) in [6, 6.07) is 14.9. The van der Waals surface area contributed by atoms with Gasteiger partial charge in [-0.05, 0) is 43.3 Å². The molecular weight excluding hydrogens is 418 g/mol. The van der Waals surface area contributed by atoms with Crippen LogP contribution in [0.2, 0.25) is 0 Å². The highest BCUT2D eigenvalue weighted by Gasteiger charge is 2.27. The Balaban J connectivity index is 1.60. The third kappa shape index (κ3) is 4.61. The first-order valence-corrected chi connectivity index (χ1v) is 11.1. The Morgan fingerprint density at radius 2 is 1.81 bits per heavy atom. The number of sulfonamides is 1. The number of rotatable bonds is 6. The molecule has 0 atom stereocenters. The molecule has 4 rings (SSSR count). The number of aromatic nitrogens is 1. The minimum absolute atomic E-state index is 0.00250. The number of nitrogens with zero attached hydrogens (tertiary/aromatic N) is 2. The van der Waals surface area contributed by atoms with Gasteiger partial charge in [0, 0.05) is 24.1 Å². The van der Waals surface area contributed by atoms with Gasteiger partial charge in [-0.25, -0.2) is 8.42 Å². The second-order valence-corrected chi connectivity index (χ2v) is 8.80. The summed E-state index contributed by atoms with van der Waals surface area (Å²) in [7, 11) is -4.00. The Morgan fingerprint density at radius 1 is 1.06 bits per heavy atom. The number of amides is 1. The lowest BCUT2D eigenvalue weighted by Crippen LogP contribution is -2.38. The number of carbonyl (C=O) groups is 1. The summed E-state index contributed by atoms with van der Waals surface area (Å²) in [5.74, 6) is 0.636. The molecule has 0 spiro atoms. The third-order valence-electron chi connectivity index (χ3n) is 4.66. The van der Waals surface area contributed by atoms with Crippen molar-refractivity contribution in [1.29, 1.82) is 0 Å². The molecule has 160 valence electrons. The van der Waals surface area contributed by atoms with Gasteiger partial charge < -0.3 is 14.8 Å². The first-order valence-electron chi connectivity index (χ1n) is 9.62. The van der Waals surface area contributed by atoms with Crippen molar-refractivity contribution in [1.82, 2.24) is 4.98 Å². The summed E-state index contributed by atoms with van der Waals surface area (Å²) < 4.78 is 38.6. The topological polar surface area (TPSA) is 97.8 Å². The van der Waals surface area contributed by atoms with Crippen LogP contribution in [0.15, 0.2) is 71.9 Å². The van der Waals surface area contributed by atoms with Crippen LogP contribution in [-0.4, -0.2) is 39.1 Å². The maximum absolute atomic E-state index is 13.3. The van der Waals surface area contributed by atoms with E-state index in [1.54, 1.807) is 42.5 Å². The molecule has 3 aromatic rings. The predicted molar refractivity (Wildman–Crippen MR) is 116 cm³/mol. The van der Waals surface area contributed by atoms with Gasteiger partial charge in [-0.2, -0.15) is 0 Å². The fourth-order valence-corrected chi connectivity index (χ4v) is 4.49. The summed E-state index contributed by atoms with van der Waals surface area (Å²) in [5, 5.41) is 2.73. The van der Waals surface area contributed by atoms with Crippen molar-refractivity contribution in [3.8, 4) is 11.5 Å². The highest BCUT2D eigenvalue weighted by molar-refractivity contribution is 7.92. The lowest BCUT2D eigenvalue weighted by molar-refractivity contribution is -0.114. The molecule has 0 unspecified atom stereocenters. The van der Waals surface area contributed by atoms with Crippen LogP contribution in [0.1, 0.15) is 5.56 Å². The van der Waals surface area contributed by atoms with Gasteiger partial charge in [0.2, 0.25) is 5.91 Å². The van der Waals surface area contributed by atoms with E-state index >= 15 is 0 Å². The van der Waals surface area contributed by atoms with Gasteiger partial charge in [-0.15, -0.1) is 0 Å². The van der Waals surface area contributed by atoms with Gasteiger partial charge in [-0.3, -0.25) is 14.1 Å². The van der Waals surface area contributed by atoms with Crippen molar-refractivity contribution >= 4 is 27.3 Å². The van der Waals surface area contributed by atoms with E-state index in [9.17, 15) is 13.2 Å². The van der Waals surface area contributed by atoms with Gasteiger partial charge in [0.05, 0.1) is 5.69 Å². The second kappa shape index (κ2) is 8.65. The Morgan fingerprint density at radius 3 is 2.52 bits per heavy atom. The van der Waals surface area contributed by atoms with Gasteiger partial charge in [0.25, 0.3) is 10.0 Å². The molecule has 2 aromatic carbocycles. The van der Waals surface area contributed by atoms with Crippen molar-refractivity contribution in [2.24, 2.45) is 0 Å². The van der Waals surface area contributed by atoms with Crippen LogP contribution in [0.5, 0.6) is 11.5 Å². The van der Waals surface area contributed by atoms with Crippen LogP contribution < -0.4 is 19.1 Å². The molecule has 0 radical (unpaired) electrons. The number of anilines is 2. The molecule has 1 aromatic heterocycles. The highest BCUT2D eigenvalue weighted by atomic mass is 32.2. The largest absolute Gasteiger partial charge is 0.486 e. The maximum atomic E-state index is 13.3. The fourth-order valence-electron chi connectivity index (χ4n) is 3.11. The molecule has 1 amide bonds. The zero-order valence-electron chi connectivity index (χ0n) is 16.8. The molecule has 1 N–H and O–H groups in total. The smallest absolute Gasteiger partial charge is 0.266 e. The molecule has 8 nitrogen and oxygen atoms in total. The van der Waals surface area contributed by atoms with Crippen LogP contribution in [0.25, 0.3) is 0 Å². The summed E-state index contributed by atoms with van der Waals surface area (Å²) in [4.78, 5) is 16.7. The van der Waals surface area contributed by atoms with E-state index in [-0.39, 0.29) is 4.90 Å². The van der Waals surface area contributed by atoms with Gasteiger partial charge in [-0.1, -0.05) is 17.7 Å². The van der Waals surface area contributed by atoms with Crippen molar-refractivity contribution in [2.45, 2.75) is 11.8 Å². The standard InChI is InChI=1S/C22H21N3O5S/c1-16-4-7-18(8-5-16)25(31(27,28)19-3-2-10-23-14-19)15-22(26)24-17-6-9-20-21(13-17)30-12-11-29-20/h2-10,13-14H,11-12,15H2,1H3,(H,24,26). The number of nitrogens with one attached hydrogen (secondary N) is 1. The minimum atomic E-state index is -4.00. The first-order chi connectivity index (χ1) is 14.9. The average Bonchev–Trinajstić information content (AvgIpc) is 2.78. The molecule has 1 aliphatic rings. The number of benzene rings is 2. The molecule has 0 bridgehead atoms. The zero-order chi connectivity index (χ0) is 21.8. The molecule has 9 heteroatoms. The molecule has 0 saturated carbocycles. The predicted octanol–water partition coefficient (Wildman–Crippen LogP) is 3.00. The van der Waals surface area contributed by atoms with Gasteiger partial charge in [0.15, 0.2) is 11.5 Å². The molecule has 0 fully saturated rings. The minimum Gasteiger partial charge on any atom is -0.486 e. The van der Waals surface area contributed by atoms with E-state index < -0.39 is 22.5 Å². The highest BCUT2D eigenvalue weighted by Crippen LogP contribution is 2.32. The summed E-state index contributed by atoms with van der Waals surface area (Å²) in [6.45, 7) is 2.39.